The summed E-state index contributed by atoms with van der Waals surface area (Å²) in [5.41, 5.74) is 1.16. The molecule has 1 aromatic carbocycles. The minimum Gasteiger partial charge on any atom is -0.478 e. The second kappa shape index (κ2) is 5.46. The molecule has 0 unspecified atom stereocenters. The van der Waals surface area contributed by atoms with Crippen LogP contribution in [0.3, 0.4) is 0 Å². The van der Waals surface area contributed by atoms with Gasteiger partial charge in [0.25, 0.3) is 0 Å². The Balaban J connectivity index is 2.92. The Morgan fingerprint density at radius 2 is 2.00 bits per heavy atom. The van der Waals surface area contributed by atoms with Gasteiger partial charge in [-0.2, -0.15) is 0 Å². The quantitative estimate of drug-likeness (QED) is 0.587. The fourth-order valence-corrected chi connectivity index (χ4v) is 1.41. The molecule has 0 saturated carbocycles. The van der Waals surface area contributed by atoms with Gasteiger partial charge in [0.1, 0.15) is 0 Å². The van der Waals surface area contributed by atoms with Crippen molar-refractivity contribution in [3.8, 4) is 0 Å². The van der Waals surface area contributed by atoms with Gasteiger partial charge in [-0.15, -0.1) is 0 Å². The van der Waals surface area contributed by atoms with E-state index in [1.54, 1.807) is 6.92 Å². The van der Waals surface area contributed by atoms with Crippen LogP contribution in [0.4, 0.5) is 5.69 Å². The van der Waals surface area contributed by atoms with Crippen LogP contribution in [0.15, 0.2) is 40.0 Å². The van der Waals surface area contributed by atoms with Crippen molar-refractivity contribution in [1.82, 2.24) is 0 Å². The van der Waals surface area contributed by atoms with Gasteiger partial charge in [-0.1, -0.05) is 15.9 Å². The minimum absolute atomic E-state index is 0.0529. The van der Waals surface area contributed by atoms with Gasteiger partial charge in [0.2, 0.25) is 0 Å². The number of rotatable bonds is 4. The topological polar surface area (TPSA) is 73.2 Å². The molecular weight excluding hydrogens is 272 g/mol. The molecule has 0 aliphatic heterocycles. The van der Waals surface area contributed by atoms with E-state index in [-0.39, 0.29) is 5.57 Å². The van der Waals surface area contributed by atoms with Gasteiger partial charge in [0.05, 0.1) is 5.57 Å². The normalized spacial score (nSPS) is 11.6. The van der Waals surface area contributed by atoms with Crippen LogP contribution in [0, 0.1) is 5.41 Å². The predicted octanol–water partition coefficient (Wildman–Crippen LogP) is 2.87. The van der Waals surface area contributed by atoms with E-state index < -0.39 is 5.97 Å². The van der Waals surface area contributed by atoms with Crippen LogP contribution in [-0.2, 0) is 4.79 Å². The van der Waals surface area contributed by atoms with E-state index in [2.05, 4.69) is 21.2 Å². The van der Waals surface area contributed by atoms with E-state index in [4.69, 9.17) is 10.5 Å². The lowest BCUT2D eigenvalue weighted by Gasteiger charge is -2.08. The molecule has 1 rings (SSSR count). The van der Waals surface area contributed by atoms with Crippen molar-refractivity contribution in [3.05, 3.63) is 40.0 Å². The van der Waals surface area contributed by atoms with E-state index in [1.165, 1.54) is 0 Å². The Bertz CT molecular complexity index is 438. The number of hydrogen-bond acceptors (Lipinski definition) is 3. The molecule has 0 aromatic heterocycles. The smallest absolute Gasteiger partial charge is 0.339 e. The van der Waals surface area contributed by atoms with Gasteiger partial charge in [-0.25, -0.2) is 4.79 Å². The first kappa shape index (κ1) is 12.4. The number of carboxylic acids is 1. The molecule has 0 aliphatic carbocycles. The molecule has 0 spiro atoms. The van der Waals surface area contributed by atoms with E-state index in [0.29, 0.717) is 5.70 Å². The standard InChI is InChI=1S/C11H11BrN2O2/c1-7(10(6-13)11(15)16)14-9-4-2-8(12)3-5-9/h2-6,13-14H,1H3,(H,15,16)/b10-7+,13-6?. The average molecular weight is 283 g/mol. The van der Waals surface area contributed by atoms with Crippen LogP contribution in [0.1, 0.15) is 6.92 Å². The Hall–Kier alpha value is -1.62. The molecule has 16 heavy (non-hydrogen) atoms. The highest BCUT2D eigenvalue weighted by atomic mass is 79.9. The molecule has 0 fully saturated rings. The summed E-state index contributed by atoms with van der Waals surface area (Å²) in [6.07, 6.45) is 0.823. The number of benzene rings is 1. The van der Waals surface area contributed by atoms with Gasteiger partial charge in [0, 0.05) is 22.1 Å². The third-order valence-corrected chi connectivity index (χ3v) is 2.48. The summed E-state index contributed by atoms with van der Waals surface area (Å²) in [5, 5.41) is 18.7. The average Bonchev–Trinajstić information content (AvgIpc) is 2.22. The lowest BCUT2D eigenvalue weighted by Crippen LogP contribution is -2.09. The van der Waals surface area contributed by atoms with Crippen LogP contribution in [-0.4, -0.2) is 17.3 Å². The molecule has 0 aliphatic rings. The first-order valence-electron chi connectivity index (χ1n) is 4.52. The number of nitrogens with one attached hydrogen (secondary N) is 2. The van der Waals surface area contributed by atoms with Crippen molar-refractivity contribution in [2.24, 2.45) is 0 Å². The van der Waals surface area contributed by atoms with Gasteiger partial charge < -0.3 is 15.8 Å². The fourth-order valence-electron chi connectivity index (χ4n) is 1.15. The first-order chi connectivity index (χ1) is 7.54. The zero-order valence-electron chi connectivity index (χ0n) is 8.62. The Morgan fingerprint density at radius 3 is 2.44 bits per heavy atom. The molecule has 0 bridgehead atoms. The molecule has 0 saturated heterocycles. The number of hydrogen-bond donors (Lipinski definition) is 3. The molecule has 0 heterocycles. The number of allylic oxidation sites excluding steroid dienone is 1. The summed E-state index contributed by atoms with van der Waals surface area (Å²) >= 11 is 3.31. The van der Waals surface area contributed by atoms with Crippen LogP contribution in [0.25, 0.3) is 0 Å². The summed E-state index contributed by atoms with van der Waals surface area (Å²) in [6.45, 7) is 1.62. The number of carbonyl (C=O) groups is 1. The first-order valence-corrected chi connectivity index (χ1v) is 5.31. The van der Waals surface area contributed by atoms with E-state index in [0.717, 1.165) is 16.4 Å². The Morgan fingerprint density at radius 1 is 1.44 bits per heavy atom. The highest BCUT2D eigenvalue weighted by Crippen LogP contribution is 2.16. The maximum absolute atomic E-state index is 10.8. The summed E-state index contributed by atoms with van der Waals surface area (Å²) in [6, 6.07) is 7.33. The van der Waals surface area contributed by atoms with Crippen LogP contribution in [0.2, 0.25) is 0 Å². The molecule has 4 nitrogen and oxygen atoms in total. The third-order valence-electron chi connectivity index (χ3n) is 1.95. The van der Waals surface area contributed by atoms with E-state index in [9.17, 15) is 4.79 Å². The van der Waals surface area contributed by atoms with E-state index >= 15 is 0 Å². The van der Waals surface area contributed by atoms with Crippen molar-refractivity contribution in [2.75, 3.05) is 5.32 Å². The molecule has 0 amide bonds. The number of halogens is 1. The SMILES string of the molecule is C/C(Nc1ccc(Br)cc1)=C(/C=N)C(=O)O. The number of carboxylic acid groups (broad SMARTS) is 1. The molecule has 0 radical (unpaired) electrons. The van der Waals surface area contributed by atoms with Gasteiger partial charge in [0.15, 0.2) is 0 Å². The highest BCUT2D eigenvalue weighted by Gasteiger charge is 2.08. The lowest BCUT2D eigenvalue weighted by atomic mass is 10.2. The molecule has 1 aromatic rings. The molecular formula is C11H11BrN2O2. The predicted molar refractivity (Wildman–Crippen MR) is 66.9 cm³/mol. The summed E-state index contributed by atoms with van der Waals surface area (Å²) in [4.78, 5) is 10.8. The Labute approximate surface area is 102 Å². The zero-order chi connectivity index (χ0) is 12.1. The van der Waals surface area contributed by atoms with E-state index in [1.807, 2.05) is 24.3 Å². The third kappa shape index (κ3) is 3.20. The van der Waals surface area contributed by atoms with Crippen molar-refractivity contribution in [1.29, 1.82) is 5.41 Å². The second-order valence-electron chi connectivity index (χ2n) is 3.12. The lowest BCUT2D eigenvalue weighted by molar-refractivity contribution is -0.132. The van der Waals surface area contributed by atoms with Crippen molar-refractivity contribution in [3.63, 3.8) is 0 Å². The van der Waals surface area contributed by atoms with Gasteiger partial charge in [-0.3, -0.25) is 0 Å². The number of anilines is 1. The number of aliphatic carboxylic acids is 1. The van der Waals surface area contributed by atoms with Crippen molar-refractivity contribution in [2.45, 2.75) is 6.92 Å². The molecule has 5 heteroatoms. The second-order valence-corrected chi connectivity index (χ2v) is 4.04. The summed E-state index contributed by atoms with van der Waals surface area (Å²) in [5.74, 6) is -1.11. The Kier molecular flexibility index (Phi) is 4.25. The summed E-state index contributed by atoms with van der Waals surface area (Å²) in [7, 11) is 0. The molecule has 84 valence electrons. The maximum Gasteiger partial charge on any atom is 0.339 e. The molecule has 0 atom stereocenters. The largest absolute Gasteiger partial charge is 0.478 e. The van der Waals surface area contributed by atoms with Crippen LogP contribution in [0.5, 0.6) is 0 Å². The van der Waals surface area contributed by atoms with Crippen LogP contribution < -0.4 is 5.32 Å². The maximum atomic E-state index is 10.8. The van der Waals surface area contributed by atoms with Gasteiger partial charge >= 0.3 is 5.97 Å². The summed E-state index contributed by atoms with van der Waals surface area (Å²) < 4.78 is 0.949. The highest BCUT2D eigenvalue weighted by molar-refractivity contribution is 9.10. The fraction of sp³-hybridized carbons (Fsp3) is 0.0909. The van der Waals surface area contributed by atoms with Crippen molar-refractivity contribution < 1.29 is 9.90 Å². The van der Waals surface area contributed by atoms with Gasteiger partial charge in [-0.05, 0) is 31.2 Å². The van der Waals surface area contributed by atoms with Crippen LogP contribution >= 0.6 is 15.9 Å². The van der Waals surface area contributed by atoms with Crippen molar-refractivity contribution >= 4 is 33.8 Å². The zero-order valence-corrected chi connectivity index (χ0v) is 10.2. The molecule has 3 N–H and O–H groups in total. The minimum atomic E-state index is -1.11. The monoisotopic (exact) mass is 282 g/mol.